The summed E-state index contributed by atoms with van der Waals surface area (Å²) in [5, 5.41) is 14.7. The van der Waals surface area contributed by atoms with Gasteiger partial charge in [0.05, 0.1) is 6.61 Å². The standard InChI is InChI=1S/C27H32N2O6/c30-24(29-25(26(31)32)18-8-2-1-3-9-18)17-34-15-14-28-27(33)35-16-23-21-12-6-4-10-19(21)20-11-5-7-13-22(20)23/h4-7,10-13,18,23,25H,1-3,8-9,14-17H2,(H,28,33)(H,29,30)(H,31,32). The zero-order chi connectivity index (χ0) is 24.6. The third-order valence-corrected chi connectivity index (χ3v) is 6.80. The molecule has 0 heterocycles. The van der Waals surface area contributed by atoms with E-state index in [1.165, 1.54) is 0 Å². The van der Waals surface area contributed by atoms with Crippen molar-refractivity contribution in [1.29, 1.82) is 0 Å². The first-order valence-corrected chi connectivity index (χ1v) is 12.2. The lowest BCUT2D eigenvalue weighted by Crippen LogP contribution is -2.47. The Kier molecular flexibility index (Phi) is 8.36. The summed E-state index contributed by atoms with van der Waals surface area (Å²) in [7, 11) is 0. The van der Waals surface area contributed by atoms with Gasteiger partial charge >= 0.3 is 12.1 Å². The van der Waals surface area contributed by atoms with Gasteiger partial charge in [-0.25, -0.2) is 9.59 Å². The summed E-state index contributed by atoms with van der Waals surface area (Å²) in [4.78, 5) is 35.9. The highest BCUT2D eigenvalue weighted by atomic mass is 16.5. The van der Waals surface area contributed by atoms with Crippen molar-refractivity contribution in [2.45, 2.75) is 44.1 Å². The van der Waals surface area contributed by atoms with Crippen molar-refractivity contribution in [1.82, 2.24) is 10.6 Å². The number of carboxylic acid groups (broad SMARTS) is 1. The molecule has 4 rings (SSSR count). The van der Waals surface area contributed by atoms with Crippen LogP contribution in [0, 0.1) is 5.92 Å². The maximum Gasteiger partial charge on any atom is 0.407 e. The van der Waals surface area contributed by atoms with E-state index in [1.54, 1.807) is 0 Å². The van der Waals surface area contributed by atoms with Gasteiger partial charge in [-0.15, -0.1) is 0 Å². The second kappa shape index (κ2) is 11.8. The number of benzene rings is 2. The molecule has 0 aromatic heterocycles. The van der Waals surface area contributed by atoms with Crippen LogP contribution in [0.15, 0.2) is 48.5 Å². The lowest BCUT2D eigenvalue weighted by atomic mass is 9.84. The molecule has 0 spiro atoms. The average Bonchev–Trinajstić information content (AvgIpc) is 3.20. The normalized spacial score (nSPS) is 16.1. The van der Waals surface area contributed by atoms with Crippen molar-refractivity contribution < 1.29 is 29.0 Å². The van der Waals surface area contributed by atoms with E-state index in [9.17, 15) is 19.5 Å². The van der Waals surface area contributed by atoms with Gasteiger partial charge in [0, 0.05) is 12.5 Å². The molecular formula is C27H32N2O6. The monoisotopic (exact) mass is 480 g/mol. The van der Waals surface area contributed by atoms with Gasteiger partial charge in [-0.2, -0.15) is 0 Å². The Morgan fingerprint density at radius 2 is 1.57 bits per heavy atom. The molecule has 3 N–H and O–H groups in total. The SMILES string of the molecule is O=C(COCCNC(=O)OCC1c2ccccc2-c2ccccc21)NC(C(=O)O)C1CCCCC1. The van der Waals surface area contributed by atoms with Crippen LogP contribution in [0.25, 0.3) is 11.1 Å². The molecule has 8 nitrogen and oxygen atoms in total. The highest BCUT2D eigenvalue weighted by Gasteiger charge is 2.31. The van der Waals surface area contributed by atoms with Crippen LogP contribution in [-0.2, 0) is 19.1 Å². The molecule has 2 aromatic rings. The van der Waals surface area contributed by atoms with Crippen molar-refractivity contribution in [2.75, 3.05) is 26.4 Å². The van der Waals surface area contributed by atoms with E-state index in [2.05, 4.69) is 34.9 Å². The smallest absolute Gasteiger partial charge is 0.407 e. The third kappa shape index (κ3) is 6.19. The molecule has 1 unspecified atom stereocenters. The molecule has 0 bridgehead atoms. The Balaban J connectivity index is 1.15. The van der Waals surface area contributed by atoms with E-state index < -0.39 is 24.0 Å². The molecule has 186 valence electrons. The first-order chi connectivity index (χ1) is 17.0. The van der Waals surface area contributed by atoms with Gasteiger partial charge < -0.3 is 25.2 Å². The Hall–Kier alpha value is -3.39. The largest absolute Gasteiger partial charge is 0.480 e. The first-order valence-electron chi connectivity index (χ1n) is 12.2. The zero-order valence-corrected chi connectivity index (χ0v) is 19.7. The Morgan fingerprint density at radius 1 is 0.943 bits per heavy atom. The summed E-state index contributed by atoms with van der Waals surface area (Å²) < 4.78 is 10.8. The fourth-order valence-corrected chi connectivity index (χ4v) is 5.10. The summed E-state index contributed by atoms with van der Waals surface area (Å²) in [6.45, 7) is 0.247. The molecule has 0 aliphatic heterocycles. The highest BCUT2D eigenvalue weighted by Crippen LogP contribution is 2.44. The number of alkyl carbamates (subject to hydrolysis) is 1. The number of fused-ring (bicyclic) bond motifs is 3. The van der Waals surface area contributed by atoms with Crippen LogP contribution in [0.4, 0.5) is 4.79 Å². The van der Waals surface area contributed by atoms with Crippen LogP contribution in [0.2, 0.25) is 0 Å². The fourth-order valence-electron chi connectivity index (χ4n) is 5.10. The lowest BCUT2D eigenvalue weighted by molar-refractivity contribution is -0.144. The summed E-state index contributed by atoms with van der Waals surface area (Å²) in [6.07, 6.45) is 4.15. The van der Waals surface area contributed by atoms with Gasteiger partial charge in [-0.1, -0.05) is 67.8 Å². The number of rotatable bonds is 10. The molecular weight excluding hydrogens is 448 g/mol. The fraction of sp³-hybridized carbons (Fsp3) is 0.444. The molecule has 35 heavy (non-hydrogen) atoms. The number of aliphatic carboxylic acids is 1. The minimum absolute atomic E-state index is 0.0144. The number of hydrogen-bond donors (Lipinski definition) is 3. The summed E-state index contributed by atoms with van der Waals surface area (Å²) in [5.74, 6) is -1.54. The Bertz CT molecular complexity index is 1000. The predicted molar refractivity (Wildman–Crippen MR) is 130 cm³/mol. The summed E-state index contributed by atoms with van der Waals surface area (Å²) in [6, 6.07) is 15.4. The van der Waals surface area contributed by atoms with Crippen LogP contribution in [-0.4, -0.2) is 55.5 Å². The van der Waals surface area contributed by atoms with Crippen molar-refractivity contribution in [3.63, 3.8) is 0 Å². The Labute approximate surface area is 205 Å². The summed E-state index contributed by atoms with van der Waals surface area (Å²) >= 11 is 0. The molecule has 2 amide bonds. The van der Waals surface area contributed by atoms with Crippen molar-refractivity contribution in [3.05, 3.63) is 59.7 Å². The van der Waals surface area contributed by atoms with E-state index in [1.807, 2.05) is 24.3 Å². The van der Waals surface area contributed by atoms with Gasteiger partial charge in [0.25, 0.3) is 0 Å². The maximum atomic E-state index is 12.2. The van der Waals surface area contributed by atoms with Crippen LogP contribution < -0.4 is 10.6 Å². The number of hydrogen-bond acceptors (Lipinski definition) is 5. The van der Waals surface area contributed by atoms with Crippen molar-refractivity contribution in [2.24, 2.45) is 5.92 Å². The van der Waals surface area contributed by atoms with Gasteiger partial charge in [-0.05, 0) is 41.0 Å². The maximum absolute atomic E-state index is 12.2. The van der Waals surface area contributed by atoms with E-state index in [0.29, 0.717) is 0 Å². The summed E-state index contributed by atoms with van der Waals surface area (Å²) in [5.41, 5.74) is 4.61. The number of carboxylic acids is 1. The number of ether oxygens (including phenoxy) is 2. The zero-order valence-electron chi connectivity index (χ0n) is 19.7. The minimum atomic E-state index is -1.01. The lowest BCUT2D eigenvalue weighted by Gasteiger charge is -2.28. The number of carbonyl (C=O) groups excluding carboxylic acids is 2. The Morgan fingerprint density at radius 3 is 2.20 bits per heavy atom. The molecule has 2 aliphatic rings. The topological polar surface area (TPSA) is 114 Å². The van der Waals surface area contributed by atoms with E-state index in [0.717, 1.165) is 54.4 Å². The number of amides is 2. The highest BCUT2D eigenvalue weighted by molar-refractivity contribution is 5.84. The van der Waals surface area contributed by atoms with Gasteiger partial charge in [0.15, 0.2) is 0 Å². The van der Waals surface area contributed by atoms with Crippen LogP contribution in [0.3, 0.4) is 0 Å². The predicted octanol–water partition coefficient (Wildman–Crippen LogP) is 3.69. The van der Waals surface area contributed by atoms with E-state index in [4.69, 9.17) is 9.47 Å². The molecule has 2 aliphatic carbocycles. The number of nitrogens with one attached hydrogen (secondary N) is 2. The number of carbonyl (C=O) groups is 3. The van der Waals surface area contributed by atoms with Gasteiger partial charge in [0.2, 0.25) is 5.91 Å². The van der Waals surface area contributed by atoms with E-state index in [-0.39, 0.29) is 38.2 Å². The van der Waals surface area contributed by atoms with Crippen LogP contribution >= 0.6 is 0 Å². The van der Waals surface area contributed by atoms with Crippen molar-refractivity contribution >= 4 is 18.0 Å². The van der Waals surface area contributed by atoms with Crippen molar-refractivity contribution in [3.8, 4) is 11.1 Å². The quantitative estimate of drug-likeness (QED) is 0.447. The van der Waals surface area contributed by atoms with Gasteiger partial charge in [-0.3, -0.25) is 4.79 Å². The molecule has 0 saturated heterocycles. The minimum Gasteiger partial charge on any atom is -0.480 e. The molecule has 0 radical (unpaired) electrons. The van der Waals surface area contributed by atoms with Crippen LogP contribution in [0.1, 0.15) is 49.1 Å². The average molecular weight is 481 g/mol. The molecule has 1 saturated carbocycles. The van der Waals surface area contributed by atoms with Crippen LogP contribution in [0.5, 0.6) is 0 Å². The molecule has 8 heteroatoms. The molecule has 2 aromatic carbocycles. The van der Waals surface area contributed by atoms with Gasteiger partial charge in [0.1, 0.15) is 19.3 Å². The molecule has 1 fully saturated rings. The third-order valence-electron chi connectivity index (χ3n) is 6.80. The molecule has 1 atom stereocenters. The second-order valence-electron chi connectivity index (χ2n) is 9.09. The second-order valence-corrected chi connectivity index (χ2v) is 9.09. The van der Waals surface area contributed by atoms with E-state index >= 15 is 0 Å². The first kappa shape index (κ1) is 24.7.